The Hall–Kier alpha value is -1.66. The Kier molecular flexibility index (Phi) is 6.64. The van der Waals surface area contributed by atoms with E-state index in [4.69, 9.17) is 5.73 Å². The minimum Gasteiger partial charge on any atom is -0.339 e. The molecule has 1 aliphatic carbocycles. The summed E-state index contributed by atoms with van der Waals surface area (Å²) in [7, 11) is 0. The molecule has 0 aromatic heterocycles. The van der Waals surface area contributed by atoms with E-state index in [1.807, 2.05) is 11.8 Å². The van der Waals surface area contributed by atoms with Gasteiger partial charge in [0.05, 0.1) is 5.92 Å². The first-order valence-electron chi connectivity index (χ1n) is 9.01. The van der Waals surface area contributed by atoms with Crippen molar-refractivity contribution in [1.82, 2.24) is 9.80 Å². The van der Waals surface area contributed by atoms with Crippen LogP contribution in [0.25, 0.3) is 0 Å². The molecule has 2 aliphatic rings. The fourth-order valence-corrected chi connectivity index (χ4v) is 3.92. The number of amides is 2. The number of halogens is 2. The summed E-state index contributed by atoms with van der Waals surface area (Å²) in [5.41, 5.74) is 6.26. The van der Waals surface area contributed by atoms with Crippen LogP contribution in [0.5, 0.6) is 0 Å². The lowest BCUT2D eigenvalue weighted by Gasteiger charge is -2.42. The smallest absolute Gasteiger partial charge is 0.254 e. The standard InChI is InChI=1S/C19H26FN3O2.ClH/c1-19(21)8-3-2-7-16(19)18(25)23-11-9-22(10-12-23)17(24)14-5-4-6-15(20)13-14;/h4-6,13,16H,2-3,7-12,21H2,1H3;1H. The van der Waals surface area contributed by atoms with Crippen LogP contribution in [0.4, 0.5) is 4.39 Å². The van der Waals surface area contributed by atoms with Crippen molar-refractivity contribution in [3.63, 3.8) is 0 Å². The van der Waals surface area contributed by atoms with Crippen molar-refractivity contribution >= 4 is 24.2 Å². The average molecular weight is 384 g/mol. The van der Waals surface area contributed by atoms with Gasteiger partial charge in [-0.25, -0.2) is 4.39 Å². The highest BCUT2D eigenvalue weighted by Gasteiger charge is 2.40. The van der Waals surface area contributed by atoms with Crippen LogP contribution in [0.2, 0.25) is 0 Å². The molecule has 1 aromatic rings. The molecule has 0 radical (unpaired) electrons. The monoisotopic (exact) mass is 383 g/mol. The van der Waals surface area contributed by atoms with E-state index < -0.39 is 11.4 Å². The topological polar surface area (TPSA) is 66.6 Å². The molecule has 1 aromatic carbocycles. The number of rotatable bonds is 2. The van der Waals surface area contributed by atoms with Gasteiger partial charge in [-0.1, -0.05) is 18.9 Å². The Morgan fingerprint density at radius 2 is 1.81 bits per heavy atom. The fourth-order valence-electron chi connectivity index (χ4n) is 3.92. The van der Waals surface area contributed by atoms with Gasteiger partial charge in [-0.2, -0.15) is 0 Å². The van der Waals surface area contributed by atoms with Crippen LogP contribution in [-0.4, -0.2) is 53.3 Å². The van der Waals surface area contributed by atoms with Gasteiger partial charge in [0.1, 0.15) is 5.82 Å². The maximum Gasteiger partial charge on any atom is 0.254 e. The molecule has 2 unspecified atom stereocenters. The van der Waals surface area contributed by atoms with Crippen LogP contribution >= 0.6 is 12.4 Å². The van der Waals surface area contributed by atoms with Gasteiger partial charge in [0, 0.05) is 37.3 Å². The molecule has 2 atom stereocenters. The van der Waals surface area contributed by atoms with E-state index in [1.54, 1.807) is 11.0 Å². The third-order valence-electron chi connectivity index (χ3n) is 5.50. The zero-order chi connectivity index (χ0) is 18.0. The van der Waals surface area contributed by atoms with Gasteiger partial charge < -0.3 is 15.5 Å². The molecule has 2 fully saturated rings. The Labute approximate surface area is 160 Å². The lowest BCUT2D eigenvalue weighted by molar-refractivity contribution is -0.140. The van der Waals surface area contributed by atoms with Crippen molar-refractivity contribution in [2.24, 2.45) is 11.7 Å². The number of piperazine rings is 1. The van der Waals surface area contributed by atoms with Crippen LogP contribution < -0.4 is 5.73 Å². The van der Waals surface area contributed by atoms with Gasteiger partial charge >= 0.3 is 0 Å². The van der Waals surface area contributed by atoms with Crippen LogP contribution in [0.15, 0.2) is 24.3 Å². The molecule has 7 heteroatoms. The maximum atomic E-state index is 13.3. The van der Waals surface area contributed by atoms with Crippen LogP contribution in [0.3, 0.4) is 0 Å². The van der Waals surface area contributed by atoms with E-state index in [-0.39, 0.29) is 30.1 Å². The average Bonchev–Trinajstić information content (AvgIpc) is 2.60. The molecule has 26 heavy (non-hydrogen) atoms. The first-order valence-corrected chi connectivity index (χ1v) is 9.01. The van der Waals surface area contributed by atoms with E-state index in [0.29, 0.717) is 31.7 Å². The molecule has 1 heterocycles. The Morgan fingerprint density at radius 1 is 1.15 bits per heavy atom. The third-order valence-corrected chi connectivity index (χ3v) is 5.50. The minimum atomic E-state index is -0.441. The SMILES string of the molecule is CC1(N)CCCCC1C(=O)N1CCN(C(=O)c2cccc(F)c2)CC1.Cl. The lowest BCUT2D eigenvalue weighted by atomic mass is 9.74. The number of benzene rings is 1. The van der Waals surface area contributed by atoms with Gasteiger partial charge in [0.2, 0.25) is 5.91 Å². The van der Waals surface area contributed by atoms with Gasteiger partial charge in [0.15, 0.2) is 0 Å². The van der Waals surface area contributed by atoms with Crippen molar-refractivity contribution in [2.75, 3.05) is 26.2 Å². The number of hydrogen-bond acceptors (Lipinski definition) is 3. The summed E-state index contributed by atoms with van der Waals surface area (Å²) in [6.45, 7) is 3.92. The Bertz CT molecular complexity index is 660. The van der Waals surface area contributed by atoms with Crippen molar-refractivity contribution in [2.45, 2.75) is 38.1 Å². The molecule has 1 aliphatic heterocycles. The minimum absolute atomic E-state index is 0. The second-order valence-corrected chi connectivity index (χ2v) is 7.43. The predicted molar refractivity (Wildman–Crippen MR) is 101 cm³/mol. The molecule has 2 N–H and O–H groups in total. The number of carbonyl (C=O) groups is 2. The fraction of sp³-hybridized carbons (Fsp3) is 0.579. The highest BCUT2D eigenvalue weighted by molar-refractivity contribution is 5.94. The van der Waals surface area contributed by atoms with Crippen LogP contribution in [0, 0.1) is 11.7 Å². The molecule has 0 spiro atoms. The molecular formula is C19H27ClFN3O2. The molecular weight excluding hydrogens is 357 g/mol. The number of carbonyl (C=O) groups excluding carboxylic acids is 2. The van der Waals surface area contributed by atoms with Gasteiger partial charge in [-0.05, 0) is 38.0 Å². The highest BCUT2D eigenvalue weighted by Crippen LogP contribution is 2.33. The molecule has 0 bridgehead atoms. The van der Waals surface area contributed by atoms with E-state index in [2.05, 4.69) is 0 Å². The van der Waals surface area contributed by atoms with Crippen molar-refractivity contribution in [1.29, 1.82) is 0 Å². The van der Waals surface area contributed by atoms with Crippen LogP contribution in [-0.2, 0) is 4.79 Å². The summed E-state index contributed by atoms with van der Waals surface area (Å²) in [6, 6.07) is 5.72. The molecule has 1 saturated carbocycles. The predicted octanol–water partition coefficient (Wildman–Crippen LogP) is 2.44. The van der Waals surface area contributed by atoms with E-state index in [0.717, 1.165) is 25.7 Å². The van der Waals surface area contributed by atoms with Crippen LogP contribution in [0.1, 0.15) is 43.0 Å². The highest BCUT2D eigenvalue weighted by atomic mass is 35.5. The van der Waals surface area contributed by atoms with Gasteiger partial charge in [0.25, 0.3) is 5.91 Å². The Morgan fingerprint density at radius 3 is 2.42 bits per heavy atom. The largest absolute Gasteiger partial charge is 0.339 e. The Balaban J connectivity index is 0.00000243. The van der Waals surface area contributed by atoms with E-state index in [1.165, 1.54) is 18.2 Å². The van der Waals surface area contributed by atoms with Gasteiger partial charge in [-0.3, -0.25) is 9.59 Å². The van der Waals surface area contributed by atoms with Crippen molar-refractivity contribution in [3.8, 4) is 0 Å². The first kappa shape index (κ1) is 20.6. The second-order valence-electron chi connectivity index (χ2n) is 7.43. The molecule has 5 nitrogen and oxygen atoms in total. The summed E-state index contributed by atoms with van der Waals surface area (Å²) in [5.74, 6) is -0.624. The summed E-state index contributed by atoms with van der Waals surface area (Å²) >= 11 is 0. The number of nitrogens with zero attached hydrogens (tertiary/aromatic N) is 2. The van der Waals surface area contributed by atoms with Crippen molar-refractivity contribution < 1.29 is 14.0 Å². The first-order chi connectivity index (χ1) is 11.9. The molecule has 3 rings (SSSR count). The second kappa shape index (κ2) is 8.35. The van der Waals surface area contributed by atoms with Gasteiger partial charge in [-0.15, -0.1) is 12.4 Å². The molecule has 1 saturated heterocycles. The van der Waals surface area contributed by atoms with E-state index in [9.17, 15) is 14.0 Å². The number of nitrogens with two attached hydrogens (primary N) is 1. The zero-order valence-corrected chi connectivity index (χ0v) is 15.9. The lowest BCUT2D eigenvalue weighted by Crippen LogP contribution is -2.57. The molecule has 2 amide bonds. The quantitative estimate of drug-likeness (QED) is 0.852. The maximum absolute atomic E-state index is 13.3. The third kappa shape index (κ3) is 4.35. The summed E-state index contributed by atoms with van der Waals surface area (Å²) in [5, 5.41) is 0. The normalized spacial score (nSPS) is 26.2. The summed E-state index contributed by atoms with van der Waals surface area (Å²) in [6.07, 6.45) is 3.84. The zero-order valence-electron chi connectivity index (χ0n) is 15.1. The van der Waals surface area contributed by atoms with Crippen molar-refractivity contribution in [3.05, 3.63) is 35.6 Å². The van der Waals surface area contributed by atoms with E-state index >= 15 is 0 Å². The summed E-state index contributed by atoms with van der Waals surface area (Å²) < 4.78 is 13.3. The summed E-state index contributed by atoms with van der Waals surface area (Å²) in [4.78, 5) is 28.8. The molecule has 144 valence electrons. The number of hydrogen-bond donors (Lipinski definition) is 1.